The Balaban J connectivity index is 1.25. The van der Waals surface area contributed by atoms with Gasteiger partial charge in [-0.2, -0.15) is 0 Å². The number of carbonyl (C=O) groups excluding carboxylic acids is 1. The van der Waals surface area contributed by atoms with E-state index in [1.54, 1.807) is 17.8 Å². The minimum atomic E-state index is -0.167. The summed E-state index contributed by atoms with van der Waals surface area (Å²) in [5.74, 6) is 1.52. The molecule has 0 saturated carbocycles. The first-order valence-corrected chi connectivity index (χ1v) is 15.2. The first-order valence-electron chi connectivity index (χ1n) is 14.3. The van der Waals surface area contributed by atoms with Gasteiger partial charge in [-0.15, -0.1) is 11.8 Å². The van der Waals surface area contributed by atoms with Gasteiger partial charge in [0.1, 0.15) is 12.4 Å². The molecule has 1 N–H and O–H groups in total. The molecular formula is C34H39N3O3S. The molecule has 0 aliphatic carbocycles. The highest BCUT2D eigenvalue weighted by Crippen LogP contribution is 2.25. The molecule has 7 heteroatoms. The predicted molar refractivity (Wildman–Crippen MR) is 169 cm³/mol. The highest BCUT2D eigenvalue weighted by atomic mass is 32.2. The van der Waals surface area contributed by atoms with Crippen molar-refractivity contribution in [1.82, 2.24) is 9.55 Å². The number of thioether (sulfide) groups is 1. The van der Waals surface area contributed by atoms with Crippen LogP contribution in [-0.2, 0) is 21.8 Å². The molecule has 0 unspecified atom stereocenters. The Hall–Kier alpha value is -3.81. The van der Waals surface area contributed by atoms with Gasteiger partial charge >= 0.3 is 0 Å². The minimum Gasteiger partial charge on any atom is -0.491 e. The Kier molecular flexibility index (Phi) is 12.1. The number of aromatic nitrogens is 2. The largest absolute Gasteiger partial charge is 0.491 e. The van der Waals surface area contributed by atoms with Gasteiger partial charge in [0.05, 0.1) is 12.9 Å². The molecule has 1 aromatic heterocycles. The number of hydrogen-bond donors (Lipinski definition) is 1. The lowest BCUT2D eigenvalue weighted by Crippen LogP contribution is -2.07. The van der Waals surface area contributed by atoms with Crippen LogP contribution >= 0.6 is 11.8 Å². The van der Waals surface area contributed by atoms with E-state index < -0.39 is 0 Å². The number of amides is 1. The van der Waals surface area contributed by atoms with E-state index in [9.17, 15) is 4.79 Å². The van der Waals surface area contributed by atoms with Gasteiger partial charge in [-0.1, -0.05) is 50.6 Å². The van der Waals surface area contributed by atoms with Crippen molar-refractivity contribution in [3.05, 3.63) is 103 Å². The van der Waals surface area contributed by atoms with Crippen molar-refractivity contribution in [1.29, 1.82) is 0 Å². The average molecular weight is 570 g/mol. The van der Waals surface area contributed by atoms with Crippen molar-refractivity contribution in [3.8, 4) is 16.9 Å². The number of hydrogen-bond acceptors (Lipinski definition) is 5. The van der Waals surface area contributed by atoms with E-state index in [1.165, 1.54) is 5.69 Å². The van der Waals surface area contributed by atoms with Crippen LogP contribution in [0.25, 0.3) is 17.2 Å². The Morgan fingerprint density at radius 3 is 2.56 bits per heavy atom. The first-order chi connectivity index (χ1) is 20.1. The summed E-state index contributed by atoms with van der Waals surface area (Å²) in [6.45, 7) is 7.23. The van der Waals surface area contributed by atoms with E-state index in [0.29, 0.717) is 13.2 Å². The number of nitrogens with zero attached hydrogens (tertiary/aromatic N) is 2. The maximum absolute atomic E-state index is 12.6. The normalized spacial score (nSPS) is 11.2. The monoisotopic (exact) mass is 569 g/mol. The average Bonchev–Trinajstić information content (AvgIpc) is 3.45. The number of imidazole rings is 1. The van der Waals surface area contributed by atoms with Crippen molar-refractivity contribution in [2.24, 2.45) is 0 Å². The summed E-state index contributed by atoms with van der Waals surface area (Å²) in [6.07, 6.45) is 10.5. The molecule has 0 aliphatic heterocycles. The van der Waals surface area contributed by atoms with Crippen LogP contribution in [0.4, 0.5) is 5.69 Å². The van der Waals surface area contributed by atoms with Crippen LogP contribution in [0.5, 0.6) is 5.75 Å². The van der Waals surface area contributed by atoms with E-state index in [0.717, 1.165) is 71.2 Å². The van der Waals surface area contributed by atoms with Crippen molar-refractivity contribution < 1.29 is 14.3 Å². The number of carbonyl (C=O) groups is 1. The minimum absolute atomic E-state index is 0.167. The zero-order chi connectivity index (χ0) is 28.7. The SMILES string of the molecule is CCCCOCCOc1ccc(-c2cccc(/C=C/C(=O)Nc3ccc(SCc4cncn4CCC)cc3)c2)cc1. The third-order valence-electron chi connectivity index (χ3n) is 6.41. The molecule has 0 radical (unpaired) electrons. The molecule has 0 bridgehead atoms. The Bertz CT molecular complexity index is 1380. The fourth-order valence-corrected chi connectivity index (χ4v) is 5.07. The Morgan fingerprint density at radius 2 is 1.78 bits per heavy atom. The summed E-state index contributed by atoms with van der Waals surface area (Å²) in [5.41, 5.74) is 5.10. The molecule has 0 atom stereocenters. The van der Waals surface area contributed by atoms with Gasteiger partial charge in [0.25, 0.3) is 0 Å². The van der Waals surface area contributed by atoms with E-state index >= 15 is 0 Å². The maximum Gasteiger partial charge on any atom is 0.248 e. The van der Waals surface area contributed by atoms with Crippen LogP contribution in [0.15, 0.2) is 96.3 Å². The van der Waals surface area contributed by atoms with Crippen LogP contribution in [0, 0.1) is 0 Å². The highest BCUT2D eigenvalue weighted by molar-refractivity contribution is 7.98. The fraction of sp³-hybridized carbons (Fsp3) is 0.294. The molecular weight excluding hydrogens is 530 g/mol. The van der Waals surface area contributed by atoms with Crippen molar-refractivity contribution in [3.63, 3.8) is 0 Å². The molecule has 41 heavy (non-hydrogen) atoms. The van der Waals surface area contributed by atoms with Crippen molar-refractivity contribution in [2.45, 2.75) is 50.3 Å². The molecule has 3 aromatic carbocycles. The summed E-state index contributed by atoms with van der Waals surface area (Å²) in [6, 6.07) is 24.1. The maximum atomic E-state index is 12.6. The summed E-state index contributed by atoms with van der Waals surface area (Å²) < 4.78 is 13.5. The standard InChI is InChI=1S/C34H39N3O3S/c1-3-5-20-39-21-22-40-32-14-10-28(11-15-32)29-8-6-7-27(23-29)9-18-34(38)36-30-12-16-33(17-13-30)41-25-31-24-35-26-37(31)19-4-2/h6-18,23-24,26H,3-5,19-22,25H2,1-2H3,(H,36,38)/b18-9+. The summed E-state index contributed by atoms with van der Waals surface area (Å²) in [4.78, 5) is 18.0. The van der Waals surface area contributed by atoms with Crippen LogP contribution in [0.1, 0.15) is 44.4 Å². The van der Waals surface area contributed by atoms with Gasteiger partial charge in [-0.3, -0.25) is 4.79 Å². The highest BCUT2D eigenvalue weighted by Gasteiger charge is 2.05. The quantitative estimate of drug-likeness (QED) is 0.0839. The third-order valence-corrected chi connectivity index (χ3v) is 7.46. The van der Waals surface area contributed by atoms with E-state index in [4.69, 9.17) is 9.47 Å². The smallest absolute Gasteiger partial charge is 0.248 e. The van der Waals surface area contributed by atoms with Crippen LogP contribution in [0.2, 0.25) is 0 Å². The van der Waals surface area contributed by atoms with E-state index in [-0.39, 0.29) is 5.91 Å². The summed E-state index contributed by atoms with van der Waals surface area (Å²) in [5, 5.41) is 2.95. The number of nitrogens with one attached hydrogen (secondary N) is 1. The second kappa shape index (κ2) is 16.5. The zero-order valence-corrected chi connectivity index (χ0v) is 24.7. The predicted octanol–water partition coefficient (Wildman–Crippen LogP) is 8.10. The van der Waals surface area contributed by atoms with Gasteiger partial charge in [0, 0.05) is 47.5 Å². The van der Waals surface area contributed by atoms with Crippen LogP contribution in [0.3, 0.4) is 0 Å². The molecule has 0 saturated heterocycles. The summed E-state index contributed by atoms with van der Waals surface area (Å²) >= 11 is 1.76. The van der Waals surface area contributed by atoms with E-state index in [2.05, 4.69) is 40.8 Å². The molecule has 6 nitrogen and oxygen atoms in total. The lowest BCUT2D eigenvalue weighted by Gasteiger charge is -2.08. The molecule has 214 valence electrons. The molecule has 1 heterocycles. The summed E-state index contributed by atoms with van der Waals surface area (Å²) in [7, 11) is 0. The number of ether oxygens (including phenoxy) is 2. The van der Waals surface area contributed by atoms with E-state index in [1.807, 2.05) is 79.3 Å². The number of anilines is 1. The van der Waals surface area contributed by atoms with Gasteiger partial charge in [0.2, 0.25) is 5.91 Å². The Morgan fingerprint density at radius 1 is 0.951 bits per heavy atom. The fourth-order valence-electron chi connectivity index (χ4n) is 4.19. The topological polar surface area (TPSA) is 65.4 Å². The molecule has 0 fully saturated rings. The first kappa shape index (κ1) is 30.2. The number of benzene rings is 3. The molecule has 0 aliphatic rings. The molecule has 1 amide bonds. The third kappa shape index (κ3) is 9.95. The second-order valence-corrected chi connectivity index (χ2v) is 10.7. The second-order valence-electron chi connectivity index (χ2n) is 9.68. The van der Waals surface area contributed by atoms with Gasteiger partial charge in [-0.25, -0.2) is 4.98 Å². The molecule has 4 rings (SSSR count). The number of aryl methyl sites for hydroxylation is 1. The van der Waals surface area contributed by atoms with Crippen LogP contribution in [-0.4, -0.2) is 35.3 Å². The lowest BCUT2D eigenvalue weighted by atomic mass is 10.0. The van der Waals surface area contributed by atoms with Crippen molar-refractivity contribution >= 4 is 29.4 Å². The van der Waals surface area contributed by atoms with Gasteiger partial charge in [0.15, 0.2) is 0 Å². The number of unbranched alkanes of at least 4 members (excludes halogenated alkanes) is 1. The van der Waals surface area contributed by atoms with Crippen LogP contribution < -0.4 is 10.1 Å². The molecule has 0 spiro atoms. The number of rotatable bonds is 16. The zero-order valence-electron chi connectivity index (χ0n) is 23.9. The lowest BCUT2D eigenvalue weighted by molar-refractivity contribution is -0.111. The van der Waals surface area contributed by atoms with Gasteiger partial charge in [-0.05, 0) is 78.1 Å². The molecule has 4 aromatic rings. The van der Waals surface area contributed by atoms with Gasteiger partial charge < -0.3 is 19.4 Å². The van der Waals surface area contributed by atoms with Crippen molar-refractivity contribution in [2.75, 3.05) is 25.1 Å². The Labute approximate surface area is 247 Å².